The second kappa shape index (κ2) is 12.5. The molecule has 210 valence electrons. The Balaban J connectivity index is 1.52. The summed E-state index contributed by atoms with van der Waals surface area (Å²) < 4.78 is 7.07. The minimum atomic E-state index is -0.0194. The molecule has 2 aromatic heterocycles. The standard InChI is InChI=1S/C31H36ClN5O2S/c1-5-39-26-15-10-20(22-17-34-31(33-2)35-18-22)16-21(26)19-37(24-13-11-23(12-14-24)36(3)4)30(38)29-28(32)25-8-6-7-9-27(25)40-29/h6-10,15-18,23-24H,5,11-14,19H2,1-4H3,(H,33,34,35). The fraction of sp³-hybridized carbons (Fsp3) is 0.387. The van der Waals surface area contributed by atoms with Crippen LogP contribution in [0, 0.1) is 0 Å². The topological polar surface area (TPSA) is 70.6 Å². The van der Waals surface area contributed by atoms with Crippen molar-refractivity contribution in [2.24, 2.45) is 0 Å². The van der Waals surface area contributed by atoms with Crippen LogP contribution in [0.2, 0.25) is 5.02 Å². The lowest BCUT2D eigenvalue weighted by molar-refractivity contribution is 0.0572. The van der Waals surface area contributed by atoms with Gasteiger partial charge in [-0.3, -0.25) is 4.79 Å². The predicted octanol–water partition coefficient (Wildman–Crippen LogP) is 6.97. The molecule has 1 fully saturated rings. The average Bonchev–Trinajstić information content (AvgIpc) is 3.32. The highest BCUT2D eigenvalue weighted by Gasteiger charge is 2.33. The predicted molar refractivity (Wildman–Crippen MR) is 165 cm³/mol. The van der Waals surface area contributed by atoms with Crippen LogP contribution < -0.4 is 10.1 Å². The fourth-order valence-electron chi connectivity index (χ4n) is 5.50. The monoisotopic (exact) mass is 577 g/mol. The van der Waals surface area contributed by atoms with Gasteiger partial charge in [-0.05, 0) is 70.5 Å². The van der Waals surface area contributed by atoms with E-state index in [9.17, 15) is 4.79 Å². The number of halogens is 1. The molecule has 4 aromatic rings. The van der Waals surface area contributed by atoms with Crippen LogP contribution in [0.25, 0.3) is 21.2 Å². The zero-order chi connectivity index (χ0) is 28.2. The number of carbonyl (C=O) groups is 1. The number of benzene rings is 2. The molecule has 9 heteroatoms. The number of nitrogens with one attached hydrogen (secondary N) is 1. The fourth-order valence-corrected chi connectivity index (χ4v) is 6.97. The van der Waals surface area contributed by atoms with E-state index < -0.39 is 0 Å². The molecule has 1 aliphatic carbocycles. The van der Waals surface area contributed by atoms with E-state index in [1.807, 2.05) is 48.2 Å². The lowest BCUT2D eigenvalue weighted by atomic mass is 9.89. The number of carbonyl (C=O) groups excluding carboxylic acids is 1. The van der Waals surface area contributed by atoms with Gasteiger partial charge in [0, 0.05) is 59.3 Å². The zero-order valence-electron chi connectivity index (χ0n) is 23.5. The SMILES string of the molecule is CCOc1ccc(-c2cnc(NC)nc2)cc1CN(C(=O)c1sc2ccccc2c1Cl)C1CCC(N(C)C)CC1. The number of aromatic nitrogens is 2. The first kappa shape index (κ1) is 28.3. The second-order valence-electron chi connectivity index (χ2n) is 10.4. The third-order valence-corrected chi connectivity index (χ3v) is 9.40. The van der Waals surface area contributed by atoms with Gasteiger partial charge in [-0.25, -0.2) is 9.97 Å². The Morgan fingerprint density at radius 2 is 1.75 bits per heavy atom. The zero-order valence-corrected chi connectivity index (χ0v) is 25.1. The maximum atomic E-state index is 14.3. The quantitative estimate of drug-likeness (QED) is 0.232. The molecule has 1 N–H and O–H groups in total. The molecule has 0 saturated heterocycles. The van der Waals surface area contributed by atoms with Crippen molar-refractivity contribution in [3.05, 3.63) is 70.3 Å². The minimum absolute atomic E-state index is 0.0194. The van der Waals surface area contributed by atoms with Gasteiger partial charge in [-0.2, -0.15) is 0 Å². The van der Waals surface area contributed by atoms with Crippen LogP contribution in [0.1, 0.15) is 47.8 Å². The van der Waals surface area contributed by atoms with Gasteiger partial charge in [0.2, 0.25) is 5.95 Å². The van der Waals surface area contributed by atoms with Gasteiger partial charge in [-0.1, -0.05) is 35.9 Å². The van der Waals surface area contributed by atoms with Gasteiger partial charge in [-0.15, -0.1) is 11.3 Å². The molecule has 0 bridgehead atoms. The highest BCUT2D eigenvalue weighted by Crippen LogP contribution is 2.38. The van der Waals surface area contributed by atoms with E-state index in [1.54, 1.807) is 19.4 Å². The first-order valence-corrected chi connectivity index (χ1v) is 15.0. The third kappa shape index (κ3) is 5.94. The minimum Gasteiger partial charge on any atom is -0.494 e. The normalized spacial score (nSPS) is 17.2. The van der Waals surface area contributed by atoms with E-state index in [-0.39, 0.29) is 11.9 Å². The smallest absolute Gasteiger partial charge is 0.266 e. The van der Waals surface area contributed by atoms with Crippen LogP contribution in [0.15, 0.2) is 54.9 Å². The number of thiophene rings is 1. The number of fused-ring (bicyclic) bond motifs is 1. The Labute approximate surface area is 245 Å². The van der Waals surface area contributed by atoms with E-state index in [1.165, 1.54) is 11.3 Å². The summed E-state index contributed by atoms with van der Waals surface area (Å²) in [7, 11) is 6.07. The molecular formula is C31H36ClN5O2S. The lowest BCUT2D eigenvalue weighted by Crippen LogP contribution is -2.44. The first-order chi connectivity index (χ1) is 19.4. The number of nitrogens with zero attached hydrogens (tertiary/aromatic N) is 4. The van der Waals surface area contributed by atoms with Crippen molar-refractivity contribution in [2.45, 2.75) is 51.2 Å². The summed E-state index contributed by atoms with van der Waals surface area (Å²) in [5.41, 5.74) is 2.84. The average molecular weight is 578 g/mol. The van der Waals surface area contributed by atoms with Crippen LogP contribution in [-0.2, 0) is 6.54 Å². The molecule has 1 amide bonds. The summed E-state index contributed by atoms with van der Waals surface area (Å²) in [6.07, 6.45) is 7.60. The Morgan fingerprint density at radius 3 is 2.40 bits per heavy atom. The van der Waals surface area contributed by atoms with Crippen LogP contribution in [0.4, 0.5) is 5.95 Å². The van der Waals surface area contributed by atoms with Gasteiger partial charge in [0.1, 0.15) is 10.6 Å². The summed E-state index contributed by atoms with van der Waals surface area (Å²) in [5.74, 6) is 1.33. The summed E-state index contributed by atoms with van der Waals surface area (Å²) >= 11 is 8.30. The largest absolute Gasteiger partial charge is 0.494 e. The van der Waals surface area contributed by atoms with E-state index >= 15 is 0 Å². The van der Waals surface area contributed by atoms with Gasteiger partial charge in [0.05, 0.1) is 11.6 Å². The molecule has 0 unspecified atom stereocenters. The van der Waals surface area contributed by atoms with Gasteiger partial charge in [0.25, 0.3) is 5.91 Å². The Bertz CT molecular complexity index is 1460. The maximum absolute atomic E-state index is 14.3. The van der Waals surface area contributed by atoms with E-state index in [2.05, 4.69) is 40.3 Å². The lowest BCUT2D eigenvalue weighted by Gasteiger charge is -2.39. The van der Waals surface area contributed by atoms with Gasteiger partial charge in [0.15, 0.2) is 0 Å². The molecule has 2 aromatic carbocycles. The van der Waals surface area contributed by atoms with E-state index in [4.69, 9.17) is 16.3 Å². The van der Waals surface area contributed by atoms with E-state index in [0.29, 0.717) is 35.0 Å². The number of amides is 1. The molecule has 40 heavy (non-hydrogen) atoms. The molecule has 0 aliphatic heterocycles. The molecule has 0 radical (unpaired) electrons. The van der Waals surface area contributed by atoms with Crippen LogP contribution in [-0.4, -0.2) is 65.5 Å². The molecule has 2 heterocycles. The summed E-state index contributed by atoms with van der Waals surface area (Å²) in [5, 5.41) is 4.42. The number of rotatable bonds is 9. The van der Waals surface area contributed by atoms with Crippen molar-refractivity contribution >= 4 is 44.9 Å². The Kier molecular flexibility index (Phi) is 8.88. The number of ether oxygens (including phenoxy) is 1. The van der Waals surface area contributed by atoms with Crippen LogP contribution in [0.5, 0.6) is 5.75 Å². The number of anilines is 1. The number of hydrogen-bond donors (Lipinski definition) is 1. The first-order valence-electron chi connectivity index (χ1n) is 13.8. The molecule has 1 aliphatic rings. The number of hydrogen-bond acceptors (Lipinski definition) is 7. The second-order valence-corrected chi connectivity index (χ2v) is 11.8. The van der Waals surface area contributed by atoms with Crippen molar-refractivity contribution in [3.63, 3.8) is 0 Å². The van der Waals surface area contributed by atoms with Crippen molar-refractivity contribution in [3.8, 4) is 16.9 Å². The molecule has 7 nitrogen and oxygen atoms in total. The van der Waals surface area contributed by atoms with E-state index in [0.717, 1.165) is 58.2 Å². The van der Waals surface area contributed by atoms with Crippen LogP contribution >= 0.6 is 22.9 Å². The van der Waals surface area contributed by atoms with Gasteiger partial charge < -0.3 is 19.9 Å². The van der Waals surface area contributed by atoms with Crippen molar-refractivity contribution in [1.82, 2.24) is 19.8 Å². The summed E-state index contributed by atoms with van der Waals surface area (Å²) in [4.78, 5) is 28.0. The Hall–Kier alpha value is -3.20. The maximum Gasteiger partial charge on any atom is 0.266 e. The highest BCUT2D eigenvalue weighted by atomic mass is 35.5. The van der Waals surface area contributed by atoms with Crippen molar-refractivity contribution in [2.75, 3.05) is 33.1 Å². The van der Waals surface area contributed by atoms with Crippen molar-refractivity contribution in [1.29, 1.82) is 0 Å². The van der Waals surface area contributed by atoms with Crippen molar-refractivity contribution < 1.29 is 9.53 Å². The molecule has 5 rings (SSSR count). The summed E-state index contributed by atoms with van der Waals surface area (Å²) in [6.45, 7) is 2.94. The molecule has 1 saturated carbocycles. The molecule has 0 atom stereocenters. The van der Waals surface area contributed by atoms with Crippen LogP contribution in [0.3, 0.4) is 0 Å². The third-order valence-electron chi connectivity index (χ3n) is 7.74. The molecular weight excluding hydrogens is 542 g/mol. The Morgan fingerprint density at radius 1 is 1.05 bits per heavy atom. The summed E-state index contributed by atoms with van der Waals surface area (Å²) in [6, 6.07) is 14.7. The molecule has 0 spiro atoms. The van der Waals surface area contributed by atoms with Gasteiger partial charge >= 0.3 is 0 Å². The highest BCUT2D eigenvalue weighted by molar-refractivity contribution is 7.21.